The van der Waals surface area contributed by atoms with E-state index in [0.29, 0.717) is 32.4 Å². The molecule has 0 aliphatic heterocycles. The highest BCUT2D eigenvalue weighted by Crippen LogP contribution is 2.26. The topological polar surface area (TPSA) is 87.3 Å². The normalized spacial score (nSPS) is 12.8. The zero-order valence-electron chi connectivity index (χ0n) is 16.7. The Bertz CT molecular complexity index is 1160. The molecule has 0 spiro atoms. The standard InChI is InChI=1S/C23H20ClN3O3S/c1-13-4-5-14(21(28)25-16-7-8-16)11-18(13)26-22(29)15-6-9-17(24)19(12-15)27-23(30)20-3-2-10-31-20/h2-6,9-12,16H,7-8H2,1H3,(H,25,28)(H,26,29)(H,27,30). The average Bonchev–Trinajstić information content (AvgIpc) is 3.38. The number of nitrogens with one attached hydrogen (secondary N) is 3. The summed E-state index contributed by atoms with van der Waals surface area (Å²) in [6.07, 6.45) is 2.01. The van der Waals surface area contributed by atoms with Crippen LogP contribution in [0.3, 0.4) is 0 Å². The fourth-order valence-electron chi connectivity index (χ4n) is 2.94. The van der Waals surface area contributed by atoms with Crippen LogP contribution in [0.15, 0.2) is 53.9 Å². The van der Waals surface area contributed by atoms with Crippen LogP contribution in [0.4, 0.5) is 11.4 Å². The molecule has 0 bridgehead atoms. The lowest BCUT2D eigenvalue weighted by Crippen LogP contribution is -2.25. The van der Waals surface area contributed by atoms with Crippen molar-refractivity contribution in [1.82, 2.24) is 5.32 Å². The molecule has 0 radical (unpaired) electrons. The second-order valence-electron chi connectivity index (χ2n) is 7.36. The van der Waals surface area contributed by atoms with Crippen LogP contribution in [-0.2, 0) is 0 Å². The van der Waals surface area contributed by atoms with E-state index in [4.69, 9.17) is 11.6 Å². The van der Waals surface area contributed by atoms with Gasteiger partial charge >= 0.3 is 0 Å². The van der Waals surface area contributed by atoms with Crippen LogP contribution in [0.25, 0.3) is 0 Å². The van der Waals surface area contributed by atoms with Gasteiger partial charge in [0.1, 0.15) is 0 Å². The third-order valence-corrected chi connectivity index (χ3v) is 6.08. The first-order valence-corrected chi connectivity index (χ1v) is 11.0. The first-order valence-electron chi connectivity index (χ1n) is 9.78. The summed E-state index contributed by atoms with van der Waals surface area (Å²) < 4.78 is 0. The van der Waals surface area contributed by atoms with Crippen molar-refractivity contribution in [2.45, 2.75) is 25.8 Å². The van der Waals surface area contributed by atoms with Gasteiger partial charge in [0.05, 0.1) is 15.6 Å². The number of thiophene rings is 1. The lowest BCUT2D eigenvalue weighted by molar-refractivity contribution is 0.0949. The quantitative estimate of drug-likeness (QED) is 0.484. The van der Waals surface area contributed by atoms with E-state index in [9.17, 15) is 14.4 Å². The molecule has 3 aromatic rings. The third-order valence-electron chi connectivity index (χ3n) is 4.88. The van der Waals surface area contributed by atoms with E-state index in [0.717, 1.165) is 18.4 Å². The first-order chi connectivity index (χ1) is 14.9. The van der Waals surface area contributed by atoms with Gasteiger partial charge in [-0.05, 0) is 67.1 Å². The number of benzene rings is 2. The number of amides is 3. The number of anilines is 2. The summed E-state index contributed by atoms with van der Waals surface area (Å²) in [6, 6.07) is 13.6. The molecule has 1 aliphatic carbocycles. The second-order valence-corrected chi connectivity index (χ2v) is 8.71. The molecule has 0 saturated heterocycles. The van der Waals surface area contributed by atoms with Crippen molar-refractivity contribution in [1.29, 1.82) is 0 Å². The number of halogens is 1. The molecule has 2 aromatic carbocycles. The second kappa shape index (κ2) is 8.91. The van der Waals surface area contributed by atoms with Crippen molar-refractivity contribution < 1.29 is 14.4 Å². The molecule has 0 unspecified atom stereocenters. The number of carbonyl (C=O) groups is 3. The first kappa shape index (κ1) is 21.1. The maximum Gasteiger partial charge on any atom is 0.265 e. The van der Waals surface area contributed by atoms with Crippen LogP contribution in [0.5, 0.6) is 0 Å². The van der Waals surface area contributed by atoms with Crippen LogP contribution < -0.4 is 16.0 Å². The van der Waals surface area contributed by atoms with E-state index in [1.54, 1.807) is 42.5 Å². The molecule has 1 heterocycles. The maximum atomic E-state index is 12.8. The maximum absolute atomic E-state index is 12.8. The number of rotatable bonds is 6. The fraction of sp³-hybridized carbons (Fsp3) is 0.174. The summed E-state index contributed by atoms with van der Waals surface area (Å²) in [5.41, 5.74) is 2.55. The molecule has 4 rings (SSSR count). The number of hydrogen-bond acceptors (Lipinski definition) is 4. The van der Waals surface area contributed by atoms with Gasteiger partial charge in [0.25, 0.3) is 17.7 Å². The van der Waals surface area contributed by atoms with Gasteiger partial charge in [-0.15, -0.1) is 11.3 Å². The molecule has 3 amide bonds. The summed E-state index contributed by atoms with van der Waals surface area (Å²) in [4.78, 5) is 38.0. The Balaban J connectivity index is 1.50. The Kier molecular flexibility index (Phi) is 6.06. The Morgan fingerprint density at radius 2 is 1.58 bits per heavy atom. The number of hydrogen-bond donors (Lipinski definition) is 3. The largest absolute Gasteiger partial charge is 0.349 e. The Hall–Kier alpha value is -3.16. The lowest BCUT2D eigenvalue weighted by atomic mass is 10.1. The summed E-state index contributed by atoms with van der Waals surface area (Å²) in [5.74, 6) is -0.811. The van der Waals surface area contributed by atoms with Crippen molar-refractivity contribution in [3.8, 4) is 0 Å². The van der Waals surface area contributed by atoms with Gasteiger partial charge in [0.2, 0.25) is 0 Å². The number of aryl methyl sites for hydroxylation is 1. The lowest BCUT2D eigenvalue weighted by Gasteiger charge is -2.12. The Morgan fingerprint density at radius 1 is 0.903 bits per heavy atom. The van der Waals surface area contributed by atoms with Gasteiger partial charge < -0.3 is 16.0 Å². The zero-order valence-corrected chi connectivity index (χ0v) is 18.3. The van der Waals surface area contributed by atoms with Gasteiger partial charge in [0.15, 0.2) is 0 Å². The summed E-state index contributed by atoms with van der Waals surface area (Å²) in [6.45, 7) is 1.85. The van der Waals surface area contributed by atoms with Gasteiger partial charge in [-0.1, -0.05) is 23.7 Å². The highest BCUT2D eigenvalue weighted by molar-refractivity contribution is 7.12. The number of carbonyl (C=O) groups excluding carboxylic acids is 3. The van der Waals surface area contributed by atoms with Crippen LogP contribution >= 0.6 is 22.9 Å². The minimum absolute atomic E-state index is 0.150. The van der Waals surface area contributed by atoms with Gasteiger partial charge in [-0.2, -0.15) is 0 Å². The fourth-order valence-corrected chi connectivity index (χ4v) is 3.73. The van der Waals surface area contributed by atoms with E-state index in [1.165, 1.54) is 17.4 Å². The monoisotopic (exact) mass is 453 g/mol. The SMILES string of the molecule is Cc1ccc(C(=O)NC2CC2)cc1NC(=O)c1ccc(Cl)c(NC(=O)c2cccs2)c1. The minimum atomic E-state index is -0.369. The Morgan fingerprint density at radius 3 is 2.29 bits per heavy atom. The van der Waals surface area contributed by atoms with Crippen molar-refractivity contribution in [2.75, 3.05) is 10.6 Å². The highest BCUT2D eigenvalue weighted by Gasteiger charge is 2.24. The molecule has 1 saturated carbocycles. The molecule has 1 aliphatic rings. The smallest absolute Gasteiger partial charge is 0.265 e. The van der Waals surface area contributed by atoms with Gasteiger partial charge in [0, 0.05) is 22.9 Å². The van der Waals surface area contributed by atoms with Crippen molar-refractivity contribution in [3.63, 3.8) is 0 Å². The molecular weight excluding hydrogens is 434 g/mol. The van der Waals surface area contributed by atoms with E-state index < -0.39 is 0 Å². The predicted molar refractivity (Wildman–Crippen MR) is 123 cm³/mol. The van der Waals surface area contributed by atoms with Crippen LogP contribution in [0, 0.1) is 6.92 Å². The third kappa shape index (κ3) is 5.13. The molecule has 3 N–H and O–H groups in total. The van der Waals surface area contributed by atoms with E-state index in [-0.39, 0.29) is 23.8 Å². The molecule has 158 valence electrons. The van der Waals surface area contributed by atoms with Crippen LogP contribution in [-0.4, -0.2) is 23.8 Å². The summed E-state index contributed by atoms with van der Waals surface area (Å²) in [7, 11) is 0. The summed E-state index contributed by atoms with van der Waals surface area (Å²) >= 11 is 7.52. The average molecular weight is 454 g/mol. The van der Waals surface area contributed by atoms with E-state index in [1.807, 2.05) is 12.3 Å². The van der Waals surface area contributed by atoms with Gasteiger partial charge in [-0.3, -0.25) is 14.4 Å². The minimum Gasteiger partial charge on any atom is -0.349 e. The van der Waals surface area contributed by atoms with E-state index >= 15 is 0 Å². The Labute approximate surface area is 188 Å². The zero-order chi connectivity index (χ0) is 22.0. The molecule has 1 fully saturated rings. The highest BCUT2D eigenvalue weighted by atomic mass is 35.5. The van der Waals surface area contributed by atoms with Crippen molar-refractivity contribution in [2.24, 2.45) is 0 Å². The predicted octanol–water partition coefficient (Wildman–Crippen LogP) is 5.11. The summed E-state index contributed by atoms with van der Waals surface area (Å²) in [5, 5.41) is 10.7. The molecular formula is C23H20ClN3O3S. The molecule has 6 nitrogen and oxygen atoms in total. The molecule has 31 heavy (non-hydrogen) atoms. The molecule has 8 heteroatoms. The molecule has 0 atom stereocenters. The van der Waals surface area contributed by atoms with Crippen LogP contribution in [0.1, 0.15) is 48.8 Å². The van der Waals surface area contributed by atoms with Crippen molar-refractivity contribution in [3.05, 3.63) is 80.5 Å². The van der Waals surface area contributed by atoms with Gasteiger partial charge in [-0.25, -0.2) is 0 Å². The van der Waals surface area contributed by atoms with Crippen molar-refractivity contribution >= 4 is 52.0 Å². The molecule has 1 aromatic heterocycles. The van der Waals surface area contributed by atoms with E-state index in [2.05, 4.69) is 16.0 Å². The van der Waals surface area contributed by atoms with Crippen LogP contribution in [0.2, 0.25) is 5.02 Å².